The van der Waals surface area contributed by atoms with E-state index in [1.54, 1.807) is 31.3 Å². The maximum Gasteiger partial charge on any atom is 0.251 e. The highest BCUT2D eigenvalue weighted by atomic mass is 32.2. The summed E-state index contributed by atoms with van der Waals surface area (Å²) in [6, 6.07) is 6.40. The van der Waals surface area contributed by atoms with E-state index in [0.29, 0.717) is 23.3 Å². The van der Waals surface area contributed by atoms with E-state index in [2.05, 4.69) is 5.32 Å². The molecular formula is C14H19NO4S. The lowest BCUT2D eigenvalue weighted by molar-refractivity contribution is -0.109. The van der Waals surface area contributed by atoms with Crippen LogP contribution in [0.3, 0.4) is 0 Å². The molecule has 0 spiro atoms. The van der Waals surface area contributed by atoms with E-state index in [0.717, 1.165) is 11.8 Å². The van der Waals surface area contributed by atoms with Gasteiger partial charge in [-0.3, -0.25) is 9.59 Å². The lowest BCUT2D eigenvalue weighted by Gasteiger charge is -2.18. The zero-order valence-electron chi connectivity index (χ0n) is 11.5. The molecule has 1 aromatic carbocycles. The molecule has 0 radical (unpaired) electrons. The van der Waals surface area contributed by atoms with Gasteiger partial charge < -0.3 is 15.5 Å². The topological polar surface area (TPSA) is 86.6 Å². The summed E-state index contributed by atoms with van der Waals surface area (Å²) in [5.41, 5.74) is 1.03. The zero-order valence-corrected chi connectivity index (χ0v) is 12.3. The van der Waals surface area contributed by atoms with Crippen LogP contribution in [0.25, 0.3) is 0 Å². The summed E-state index contributed by atoms with van der Waals surface area (Å²) in [6.45, 7) is 1.46. The molecule has 1 rings (SSSR count). The molecule has 0 saturated carbocycles. The Morgan fingerprint density at radius 2 is 1.85 bits per heavy atom. The predicted octanol–water partition coefficient (Wildman–Crippen LogP) is 1.11. The van der Waals surface area contributed by atoms with E-state index in [9.17, 15) is 19.8 Å². The first-order valence-corrected chi connectivity index (χ1v) is 7.25. The van der Waals surface area contributed by atoms with Crippen LogP contribution in [0, 0.1) is 0 Å². The second-order valence-corrected chi connectivity index (χ2v) is 5.61. The van der Waals surface area contributed by atoms with E-state index in [1.165, 1.54) is 6.92 Å². The number of rotatable bonds is 6. The van der Waals surface area contributed by atoms with E-state index in [1.807, 2.05) is 0 Å². The van der Waals surface area contributed by atoms with Crippen molar-refractivity contribution < 1.29 is 19.8 Å². The van der Waals surface area contributed by atoms with E-state index in [4.69, 9.17) is 0 Å². The van der Waals surface area contributed by atoms with Gasteiger partial charge in [-0.1, -0.05) is 23.9 Å². The first-order chi connectivity index (χ1) is 9.45. The minimum absolute atomic E-state index is 0.0124. The van der Waals surface area contributed by atoms with E-state index in [-0.39, 0.29) is 11.0 Å². The van der Waals surface area contributed by atoms with Crippen molar-refractivity contribution in [3.8, 4) is 0 Å². The summed E-state index contributed by atoms with van der Waals surface area (Å²) >= 11 is 1.12. The highest BCUT2D eigenvalue weighted by molar-refractivity contribution is 8.13. The summed E-state index contributed by atoms with van der Waals surface area (Å²) in [4.78, 5) is 22.2. The summed E-state index contributed by atoms with van der Waals surface area (Å²) in [5.74, 6) is 0.258. The Bertz CT molecular complexity index is 461. The molecule has 1 aromatic rings. The molecule has 3 N–H and O–H groups in total. The van der Waals surface area contributed by atoms with Crippen LogP contribution in [0.4, 0.5) is 0 Å². The number of carbonyl (C=O) groups excluding carboxylic acids is 2. The van der Waals surface area contributed by atoms with Crippen LogP contribution in [0.5, 0.6) is 0 Å². The molecule has 20 heavy (non-hydrogen) atoms. The van der Waals surface area contributed by atoms with Crippen molar-refractivity contribution >= 4 is 22.8 Å². The number of nitrogens with one attached hydrogen (secondary N) is 1. The minimum Gasteiger partial charge on any atom is -0.390 e. The van der Waals surface area contributed by atoms with Crippen molar-refractivity contribution in [2.75, 3.05) is 12.8 Å². The van der Waals surface area contributed by atoms with Crippen molar-refractivity contribution in [2.45, 2.75) is 25.6 Å². The van der Waals surface area contributed by atoms with Crippen molar-refractivity contribution in [3.05, 3.63) is 35.4 Å². The number of hydrogen-bond acceptors (Lipinski definition) is 5. The average molecular weight is 297 g/mol. The molecule has 5 nitrogen and oxygen atoms in total. The normalized spacial score (nSPS) is 13.6. The van der Waals surface area contributed by atoms with Crippen LogP contribution in [0.15, 0.2) is 24.3 Å². The molecule has 1 amide bonds. The zero-order chi connectivity index (χ0) is 15.1. The monoisotopic (exact) mass is 297 g/mol. The van der Waals surface area contributed by atoms with Gasteiger partial charge in [0.1, 0.15) is 6.10 Å². The van der Waals surface area contributed by atoms with Gasteiger partial charge in [-0.15, -0.1) is 0 Å². The number of carbonyl (C=O) groups is 2. The number of hydrogen-bond donors (Lipinski definition) is 3. The fourth-order valence-corrected chi connectivity index (χ4v) is 2.33. The SMILES string of the molecule is CNC(=O)c1ccc(C(O)C(O)CCSC(C)=O)cc1. The Hall–Kier alpha value is -1.37. The largest absolute Gasteiger partial charge is 0.390 e. The summed E-state index contributed by atoms with van der Waals surface area (Å²) in [5, 5.41) is 22.3. The van der Waals surface area contributed by atoms with Crippen LogP contribution in [-0.2, 0) is 4.79 Å². The van der Waals surface area contributed by atoms with Crippen LogP contribution < -0.4 is 5.32 Å². The molecular weight excluding hydrogens is 278 g/mol. The first kappa shape index (κ1) is 16.7. The van der Waals surface area contributed by atoms with Gasteiger partial charge >= 0.3 is 0 Å². The van der Waals surface area contributed by atoms with Gasteiger partial charge in [0.25, 0.3) is 5.91 Å². The van der Waals surface area contributed by atoms with Crippen molar-refractivity contribution in [1.82, 2.24) is 5.32 Å². The summed E-state index contributed by atoms with van der Waals surface area (Å²) in [6.07, 6.45) is -1.64. The lowest BCUT2D eigenvalue weighted by atomic mass is 10.0. The third kappa shape index (κ3) is 4.96. The lowest BCUT2D eigenvalue weighted by Crippen LogP contribution is -2.20. The fourth-order valence-electron chi connectivity index (χ4n) is 1.68. The predicted molar refractivity (Wildman–Crippen MR) is 78.6 cm³/mol. The van der Waals surface area contributed by atoms with Crippen LogP contribution in [-0.4, -0.2) is 40.1 Å². The van der Waals surface area contributed by atoms with Gasteiger partial charge in [0.2, 0.25) is 0 Å². The van der Waals surface area contributed by atoms with Gasteiger partial charge in [-0.25, -0.2) is 0 Å². The highest BCUT2D eigenvalue weighted by Gasteiger charge is 2.18. The molecule has 6 heteroatoms. The molecule has 2 atom stereocenters. The molecule has 0 aliphatic heterocycles. The van der Waals surface area contributed by atoms with Gasteiger partial charge in [0, 0.05) is 25.3 Å². The molecule has 0 aliphatic carbocycles. The fraction of sp³-hybridized carbons (Fsp3) is 0.429. The number of aliphatic hydroxyl groups excluding tert-OH is 2. The summed E-state index contributed by atoms with van der Waals surface area (Å²) < 4.78 is 0. The smallest absolute Gasteiger partial charge is 0.251 e. The Balaban J connectivity index is 2.60. The molecule has 0 aromatic heterocycles. The first-order valence-electron chi connectivity index (χ1n) is 6.27. The molecule has 0 fully saturated rings. The number of benzene rings is 1. The average Bonchev–Trinajstić information content (AvgIpc) is 2.45. The van der Waals surface area contributed by atoms with Crippen molar-refractivity contribution in [2.24, 2.45) is 0 Å². The van der Waals surface area contributed by atoms with Crippen molar-refractivity contribution in [1.29, 1.82) is 0 Å². The molecule has 2 unspecified atom stereocenters. The Morgan fingerprint density at radius 1 is 1.25 bits per heavy atom. The Labute approximate surface area is 122 Å². The third-order valence-electron chi connectivity index (χ3n) is 2.82. The second kappa shape index (κ2) is 8.04. The maximum atomic E-state index is 11.4. The van der Waals surface area contributed by atoms with Crippen molar-refractivity contribution in [3.63, 3.8) is 0 Å². The standard InChI is InChI=1S/C14H19NO4S/c1-9(16)20-8-7-12(17)13(18)10-3-5-11(6-4-10)14(19)15-2/h3-6,12-13,17-18H,7-8H2,1-2H3,(H,15,19). The minimum atomic E-state index is -1.03. The summed E-state index contributed by atoms with van der Waals surface area (Å²) in [7, 11) is 1.54. The van der Waals surface area contributed by atoms with Crippen LogP contribution in [0.2, 0.25) is 0 Å². The highest BCUT2D eigenvalue weighted by Crippen LogP contribution is 2.21. The molecule has 0 bridgehead atoms. The maximum absolute atomic E-state index is 11.4. The number of amides is 1. The quantitative estimate of drug-likeness (QED) is 0.732. The Morgan fingerprint density at radius 3 is 2.35 bits per heavy atom. The van der Waals surface area contributed by atoms with Gasteiger partial charge in [0.05, 0.1) is 6.10 Å². The Kier molecular flexibility index (Phi) is 6.70. The van der Waals surface area contributed by atoms with Crippen LogP contribution in [0.1, 0.15) is 35.4 Å². The van der Waals surface area contributed by atoms with Crippen LogP contribution >= 0.6 is 11.8 Å². The number of thioether (sulfide) groups is 1. The molecule has 0 saturated heterocycles. The molecule has 0 heterocycles. The molecule has 0 aliphatic rings. The van der Waals surface area contributed by atoms with Gasteiger partial charge in [0.15, 0.2) is 5.12 Å². The third-order valence-corrected chi connectivity index (χ3v) is 3.67. The van der Waals surface area contributed by atoms with E-state index < -0.39 is 12.2 Å². The van der Waals surface area contributed by atoms with Gasteiger partial charge in [-0.2, -0.15) is 0 Å². The molecule has 110 valence electrons. The number of aliphatic hydroxyl groups is 2. The van der Waals surface area contributed by atoms with E-state index >= 15 is 0 Å². The second-order valence-electron chi connectivity index (χ2n) is 4.34. The van der Waals surface area contributed by atoms with Gasteiger partial charge in [-0.05, 0) is 24.1 Å².